The maximum absolute atomic E-state index is 9.06. The second kappa shape index (κ2) is 7.59. The molecule has 1 aromatic rings. The van der Waals surface area contributed by atoms with Crippen molar-refractivity contribution in [3.63, 3.8) is 0 Å². The van der Waals surface area contributed by atoms with Crippen molar-refractivity contribution in [1.82, 2.24) is 4.98 Å². The summed E-state index contributed by atoms with van der Waals surface area (Å²) in [6.45, 7) is 8.39. The molecule has 1 N–H and O–H groups in total. The van der Waals surface area contributed by atoms with Crippen LogP contribution in [0.25, 0.3) is 0 Å². The van der Waals surface area contributed by atoms with E-state index in [1.165, 1.54) is 12.8 Å². The molecule has 0 saturated heterocycles. The molecule has 1 aromatic heterocycles. The van der Waals surface area contributed by atoms with Crippen molar-refractivity contribution in [2.24, 2.45) is 5.92 Å². The Kier molecular flexibility index (Phi) is 6.44. The first-order valence-electron chi connectivity index (χ1n) is 6.66. The molecule has 1 rings (SSSR count). The van der Waals surface area contributed by atoms with Crippen LogP contribution in [-0.4, -0.2) is 23.2 Å². The highest BCUT2D eigenvalue weighted by molar-refractivity contribution is 6.33. The maximum atomic E-state index is 9.06. The highest BCUT2D eigenvalue weighted by Gasteiger charge is 2.14. The van der Waals surface area contributed by atoms with Gasteiger partial charge in [0.1, 0.15) is 5.82 Å². The number of aliphatic hydroxyl groups excluding tert-OH is 1. The second-order valence-electron chi connectivity index (χ2n) is 4.53. The van der Waals surface area contributed by atoms with Crippen LogP contribution in [-0.2, 0) is 6.61 Å². The molecule has 0 aliphatic heterocycles. The lowest BCUT2D eigenvalue weighted by atomic mass is 10.0. The van der Waals surface area contributed by atoms with Gasteiger partial charge in [-0.05, 0) is 24.5 Å². The summed E-state index contributed by atoms with van der Waals surface area (Å²) in [6, 6.07) is 1.79. The highest BCUT2D eigenvalue weighted by atomic mass is 35.5. The first kappa shape index (κ1) is 15.3. The van der Waals surface area contributed by atoms with Gasteiger partial charge in [0.05, 0.1) is 11.6 Å². The molecule has 0 aromatic carbocycles. The zero-order valence-corrected chi connectivity index (χ0v) is 12.2. The smallest absolute Gasteiger partial charge is 0.147 e. The summed E-state index contributed by atoms with van der Waals surface area (Å²) in [5.41, 5.74) is 0.752. The Balaban J connectivity index is 2.87. The van der Waals surface area contributed by atoms with Crippen LogP contribution in [0.5, 0.6) is 0 Å². The van der Waals surface area contributed by atoms with Crippen LogP contribution in [0.3, 0.4) is 0 Å². The van der Waals surface area contributed by atoms with Gasteiger partial charge in [0, 0.05) is 19.3 Å². The predicted molar refractivity (Wildman–Crippen MR) is 77.1 cm³/mol. The number of hydrogen-bond acceptors (Lipinski definition) is 3. The monoisotopic (exact) mass is 270 g/mol. The van der Waals surface area contributed by atoms with Gasteiger partial charge in [-0.1, -0.05) is 38.3 Å². The van der Waals surface area contributed by atoms with Crippen LogP contribution in [0, 0.1) is 5.92 Å². The summed E-state index contributed by atoms with van der Waals surface area (Å²) in [4.78, 5) is 6.59. The van der Waals surface area contributed by atoms with Gasteiger partial charge >= 0.3 is 0 Å². The zero-order valence-electron chi connectivity index (χ0n) is 11.5. The average molecular weight is 271 g/mol. The van der Waals surface area contributed by atoms with Gasteiger partial charge in [-0.3, -0.25) is 0 Å². The molecular weight excluding hydrogens is 248 g/mol. The molecule has 4 heteroatoms. The molecule has 0 unspecified atom stereocenters. The van der Waals surface area contributed by atoms with E-state index in [1.54, 1.807) is 12.3 Å². The van der Waals surface area contributed by atoms with Gasteiger partial charge in [0.2, 0.25) is 0 Å². The molecule has 0 spiro atoms. The van der Waals surface area contributed by atoms with E-state index in [0.29, 0.717) is 10.9 Å². The molecule has 0 radical (unpaired) electrons. The Morgan fingerprint density at radius 2 is 2.00 bits per heavy atom. The number of aliphatic hydroxyl groups is 1. The minimum atomic E-state index is -0.0222. The summed E-state index contributed by atoms with van der Waals surface area (Å²) in [5.74, 6) is 1.49. The fourth-order valence-corrected chi connectivity index (χ4v) is 2.32. The van der Waals surface area contributed by atoms with Crippen molar-refractivity contribution in [3.8, 4) is 0 Å². The number of pyridine rings is 1. The summed E-state index contributed by atoms with van der Waals surface area (Å²) in [5, 5.41) is 9.68. The Labute approximate surface area is 115 Å². The molecule has 0 atom stereocenters. The number of halogens is 1. The molecule has 0 bridgehead atoms. The first-order valence-corrected chi connectivity index (χ1v) is 7.04. The molecule has 0 aliphatic rings. The fourth-order valence-electron chi connectivity index (χ4n) is 2.01. The zero-order chi connectivity index (χ0) is 13.5. The van der Waals surface area contributed by atoms with Crippen molar-refractivity contribution in [2.45, 2.75) is 40.2 Å². The predicted octanol–water partition coefficient (Wildman–Crippen LogP) is 3.49. The van der Waals surface area contributed by atoms with Crippen molar-refractivity contribution in [2.75, 3.05) is 18.0 Å². The van der Waals surface area contributed by atoms with E-state index in [-0.39, 0.29) is 6.61 Å². The molecule has 0 amide bonds. The van der Waals surface area contributed by atoms with Gasteiger partial charge in [0.15, 0.2) is 0 Å². The summed E-state index contributed by atoms with van der Waals surface area (Å²) in [7, 11) is 0. The lowest BCUT2D eigenvalue weighted by Gasteiger charge is -2.27. The van der Waals surface area contributed by atoms with Crippen molar-refractivity contribution >= 4 is 17.4 Å². The van der Waals surface area contributed by atoms with Crippen molar-refractivity contribution in [1.29, 1.82) is 0 Å². The molecule has 0 saturated carbocycles. The number of aromatic nitrogens is 1. The van der Waals surface area contributed by atoms with E-state index in [0.717, 1.165) is 24.5 Å². The van der Waals surface area contributed by atoms with E-state index >= 15 is 0 Å². The molecular formula is C14H23ClN2O. The van der Waals surface area contributed by atoms with Crippen LogP contribution < -0.4 is 4.90 Å². The Bertz CT molecular complexity index is 367. The molecule has 0 aliphatic carbocycles. The Morgan fingerprint density at radius 3 is 2.44 bits per heavy atom. The lowest BCUT2D eigenvalue weighted by Crippen LogP contribution is -2.30. The molecule has 0 fully saturated rings. The third-order valence-corrected chi connectivity index (χ3v) is 3.65. The van der Waals surface area contributed by atoms with Crippen molar-refractivity contribution in [3.05, 3.63) is 22.8 Å². The minimum absolute atomic E-state index is 0.0222. The average Bonchev–Trinajstić information content (AvgIpc) is 2.41. The SMILES string of the molecule is CCC(CC)CN(CC)c1ncc(CO)cc1Cl. The highest BCUT2D eigenvalue weighted by Crippen LogP contribution is 2.25. The van der Waals surface area contributed by atoms with Crippen LogP contribution in [0.1, 0.15) is 39.2 Å². The topological polar surface area (TPSA) is 36.4 Å². The van der Waals surface area contributed by atoms with Gasteiger partial charge in [0.25, 0.3) is 0 Å². The van der Waals surface area contributed by atoms with Crippen LogP contribution in [0.2, 0.25) is 5.02 Å². The van der Waals surface area contributed by atoms with Crippen LogP contribution in [0.4, 0.5) is 5.82 Å². The van der Waals surface area contributed by atoms with E-state index in [1.807, 2.05) is 0 Å². The molecule has 102 valence electrons. The molecule has 18 heavy (non-hydrogen) atoms. The lowest BCUT2D eigenvalue weighted by molar-refractivity contribution is 0.281. The molecule has 3 nitrogen and oxygen atoms in total. The van der Waals surface area contributed by atoms with Crippen molar-refractivity contribution < 1.29 is 5.11 Å². The Morgan fingerprint density at radius 1 is 1.33 bits per heavy atom. The normalized spacial score (nSPS) is 11.0. The van der Waals surface area contributed by atoms with E-state index in [9.17, 15) is 0 Å². The van der Waals surface area contributed by atoms with Crippen LogP contribution in [0.15, 0.2) is 12.3 Å². The van der Waals surface area contributed by atoms with E-state index in [2.05, 4.69) is 30.7 Å². The summed E-state index contributed by atoms with van der Waals surface area (Å²) in [6.07, 6.45) is 4.02. The standard InChI is InChI=1S/C14H23ClN2O/c1-4-11(5-2)9-17(6-3)14-13(15)7-12(10-18)8-16-14/h7-8,11,18H,4-6,9-10H2,1-3H3. The van der Waals surface area contributed by atoms with E-state index in [4.69, 9.17) is 16.7 Å². The first-order chi connectivity index (χ1) is 8.65. The second-order valence-corrected chi connectivity index (χ2v) is 4.94. The van der Waals surface area contributed by atoms with E-state index < -0.39 is 0 Å². The third kappa shape index (κ3) is 3.85. The third-order valence-electron chi connectivity index (χ3n) is 3.38. The van der Waals surface area contributed by atoms with Gasteiger partial charge in [-0.2, -0.15) is 0 Å². The maximum Gasteiger partial charge on any atom is 0.147 e. The van der Waals surface area contributed by atoms with Gasteiger partial charge < -0.3 is 10.0 Å². The largest absolute Gasteiger partial charge is 0.392 e. The van der Waals surface area contributed by atoms with Crippen LogP contribution >= 0.6 is 11.6 Å². The fraction of sp³-hybridized carbons (Fsp3) is 0.643. The number of anilines is 1. The number of hydrogen-bond donors (Lipinski definition) is 1. The number of nitrogens with zero attached hydrogens (tertiary/aromatic N) is 2. The number of rotatable bonds is 7. The summed E-state index contributed by atoms with van der Waals surface area (Å²) < 4.78 is 0. The van der Waals surface area contributed by atoms with Gasteiger partial charge in [-0.15, -0.1) is 0 Å². The molecule has 1 heterocycles. The minimum Gasteiger partial charge on any atom is -0.392 e. The van der Waals surface area contributed by atoms with Gasteiger partial charge in [-0.25, -0.2) is 4.98 Å². The Hall–Kier alpha value is -0.800. The quantitative estimate of drug-likeness (QED) is 0.824. The summed E-state index contributed by atoms with van der Waals surface area (Å²) >= 11 is 6.24.